The van der Waals surface area contributed by atoms with Gasteiger partial charge < -0.3 is 24.7 Å². The van der Waals surface area contributed by atoms with Crippen molar-refractivity contribution < 1.29 is 38.1 Å². The van der Waals surface area contributed by atoms with E-state index in [1.54, 1.807) is 26.0 Å². The number of ether oxygens (including phenoxy) is 4. The van der Waals surface area contributed by atoms with Crippen molar-refractivity contribution in [1.29, 1.82) is 0 Å². The van der Waals surface area contributed by atoms with E-state index in [2.05, 4.69) is 0 Å². The van der Waals surface area contributed by atoms with Crippen LogP contribution < -0.4 is 15.2 Å². The molecule has 38 heavy (non-hydrogen) atoms. The largest absolute Gasteiger partial charge is 0.459 e. The third-order valence-electron chi connectivity index (χ3n) is 6.37. The van der Waals surface area contributed by atoms with Gasteiger partial charge in [-0.1, -0.05) is 53.5 Å². The smallest absolute Gasteiger partial charge is 0.323 e. The molecule has 0 bridgehead atoms. The van der Waals surface area contributed by atoms with E-state index in [4.69, 9.17) is 24.7 Å². The molecule has 1 aromatic carbocycles. The monoisotopic (exact) mass is 535 g/mol. The summed E-state index contributed by atoms with van der Waals surface area (Å²) < 4.78 is 21.7. The minimum atomic E-state index is -1.02. The molecule has 0 fully saturated rings. The Morgan fingerprint density at radius 1 is 0.763 bits per heavy atom. The molecule has 0 amide bonds. The number of carbonyl (C=O) groups is 4. The molecule has 2 N–H and O–H groups in total. The van der Waals surface area contributed by atoms with Crippen molar-refractivity contribution in [3.63, 3.8) is 0 Å². The van der Waals surface area contributed by atoms with Gasteiger partial charge >= 0.3 is 23.9 Å². The van der Waals surface area contributed by atoms with Gasteiger partial charge in [0.05, 0.1) is 0 Å². The van der Waals surface area contributed by atoms with Gasteiger partial charge in [0.2, 0.25) is 0 Å². The lowest BCUT2D eigenvalue weighted by Crippen LogP contribution is -2.39. The van der Waals surface area contributed by atoms with E-state index in [1.807, 2.05) is 34.6 Å². The molecule has 1 aromatic rings. The van der Waals surface area contributed by atoms with Crippen LogP contribution >= 0.6 is 0 Å². The molecular weight excluding hydrogens is 490 g/mol. The topological polar surface area (TPSA) is 131 Å². The lowest BCUT2D eigenvalue weighted by molar-refractivity contribution is -0.166. The predicted molar refractivity (Wildman–Crippen MR) is 144 cm³/mol. The Bertz CT molecular complexity index is 931. The van der Waals surface area contributed by atoms with Gasteiger partial charge in [0.1, 0.15) is 18.2 Å². The van der Waals surface area contributed by atoms with Gasteiger partial charge in [-0.2, -0.15) is 0 Å². The van der Waals surface area contributed by atoms with Crippen molar-refractivity contribution in [1.82, 2.24) is 0 Å². The van der Waals surface area contributed by atoms with E-state index in [-0.39, 0.29) is 55.0 Å². The molecule has 0 heterocycles. The highest BCUT2D eigenvalue weighted by molar-refractivity contribution is 5.78. The Kier molecular flexibility index (Phi) is 14.6. The summed E-state index contributed by atoms with van der Waals surface area (Å²) in [6.45, 7) is 13.0. The van der Waals surface area contributed by atoms with Gasteiger partial charge in [-0.25, -0.2) is 0 Å². The molecule has 9 heteroatoms. The second kappa shape index (κ2) is 16.8. The number of nitrogens with two attached hydrogens (primary N) is 1. The summed E-state index contributed by atoms with van der Waals surface area (Å²) in [5.41, 5.74) is 6.69. The minimum absolute atomic E-state index is 0.0898. The summed E-state index contributed by atoms with van der Waals surface area (Å²) in [6, 6.07) is 3.72. The van der Waals surface area contributed by atoms with Crippen LogP contribution in [0.3, 0.4) is 0 Å². The maximum absolute atomic E-state index is 12.6. The predicted octanol–water partition coefficient (Wildman–Crippen LogP) is 4.90. The van der Waals surface area contributed by atoms with E-state index in [9.17, 15) is 19.2 Å². The maximum atomic E-state index is 12.6. The SMILES string of the molecule is CCCC(=O)OC(C)[C@H](C)OC(=O)[C@@H](N)Cc1ccc(OC(=O)CC(C)CC)c(OC(=O)CC(C)CC)c1. The average Bonchev–Trinajstić information content (AvgIpc) is 2.85. The third kappa shape index (κ3) is 12.1. The molecule has 0 saturated heterocycles. The van der Waals surface area contributed by atoms with Crippen molar-refractivity contribution in [3.8, 4) is 11.5 Å². The van der Waals surface area contributed by atoms with Crippen molar-refractivity contribution in [3.05, 3.63) is 23.8 Å². The summed E-state index contributed by atoms with van der Waals surface area (Å²) in [5.74, 6) is -1.36. The molecule has 5 atom stereocenters. The zero-order valence-corrected chi connectivity index (χ0v) is 23.9. The highest BCUT2D eigenvalue weighted by Gasteiger charge is 2.25. The van der Waals surface area contributed by atoms with E-state index in [0.717, 1.165) is 12.8 Å². The number of rotatable bonds is 16. The Balaban J connectivity index is 2.96. The maximum Gasteiger partial charge on any atom is 0.323 e. The Labute approximate surface area is 226 Å². The lowest BCUT2D eigenvalue weighted by atomic mass is 10.0. The first-order valence-electron chi connectivity index (χ1n) is 13.6. The van der Waals surface area contributed by atoms with Crippen molar-refractivity contribution in [2.24, 2.45) is 17.6 Å². The summed E-state index contributed by atoms with van der Waals surface area (Å²) >= 11 is 0. The van der Waals surface area contributed by atoms with Crippen molar-refractivity contribution in [2.45, 2.75) is 112 Å². The van der Waals surface area contributed by atoms with Crippen LogP contribution in [0.1, 0.15) is 92.6 Å². The fourth-order valence-corrected chi connectivity index (χ4v) is 3.30. The zero-order chi connectivity index (χ0) is 28.8. The number of carbonyl (C=O) groups excluding carboxylic acids is 4. The number of benzene rings is 1. The van der Waals surface area contributed by atoms with E-state index < -0.39 is 36.2 Å². The molecule has 214 valence electrons. The van der Waals surface area contributed by atoms with Gasteiger partial charge in [-0.15, -0.1) is 0 Å². The molecule has 1 rings (SSSR count). The van der Waals surface area contributed by atoms with Crippen LogP contribution in [0.25, 0.3) is 0 Å². The molecule has 0 spiro atoms. The molecule has 0 aliphatic rings. The van der Waals surface area contributed by atoms with Gasteiger partial charge in [-0.05, 0) is 56.2 Å². The molecule has 0 saturated carbocycles. The van der Waals surface area contributed by atoms with Crippen LogP contribution in [-0.4, -0.2) is 42.1 Å². The molecule has 0 radical (unpaired) electrons. The van der Waals surface area contributed by atoms with Gasteiger partial charge in [-0.3, -0.25) is 19.2 Å². The van der Waals surface area contributed by atoms with Crippen molar-refractivity contribution >= 4 is 23.9 Å². The summed E-state index contributed by atoms with van der Waals surface area (Å²) in [7, 11) is 0. The Morgan fingerprint density at radius 2 is 1.29 bits per heavy atom. The first-order chi connectivity index (χ1) is 17.9. The highest BCUT2D eigenvalue weighted by Crippen LogP contribution is 2.30. The normalized spacial score (nSPS) is 14.9. The molecular formula is C29H45NO8. The van der Waals surface area contributed by atoms with Gasteiger partial charge in [0.15, 0.2) is 11.5 Å². The van der Waals surface area contributed by atoms with Crippen LogP contribution in [-0.2, 0) is 35.1 Å². The van der Waals surface area contributed by atoms with Crippen molar-refractivity contribution in [2.75, 3.05) is 0 Å². The number of esters is 4. The fraction of sp³-hybridized carbons (Fsp3) is 0.655. The summed E-state index contributed by atoms with van der Waals surface area (Å²) in [4.78, 5) is 49.2. The standard InChI is InChI=1S/C29H45NO8/c1-8-11-26(31)35-20(6)21(7)36-29(34)23(30)16-22-12-13-24(37-27(32)14-18(4)9-2)25(17-22)38-28(33)15-19(5)10-3/h12-13,17-21,23H,8-11,14-16,30H2,1-7H3/t18?,19?,20?,21-,23-/m0/s1. The van der Waals surface area contributed by atoms with Crippen LogP contribution in [0.4, 0.5) is 0 Å². The fourth-order valence-electron chi connectivity index (χ4n) is 3.30. The first-order valence-corrected chi connectivity index (χ1v) is 13.6. The quantitative estimate of drug-likeness (QED) is 0.232. The molecule has 0 aromatic heterocycles. The second-order valence-corrected chi connectivity index (χ2v) is 10.1. The van der Waals surface area contributed by atoms with Gasteiger partial charge in [0, 0.05) is 19.3 Å². The third-order valence-corrected chi connectivity index (χ3v) is 6.37. The van der Waals surface area contributed by atoms with Crippen LogP contribution in [0, 0.1) is 11.8 Å². The van der Waals surface area contributed by atoms with Gasteiger partial charge in [0.25, 0.3) is 0 Å². The Hall–Kier alpha value is -2.94. The minimum Gasteiger partial charge on any atom is -0.459 e. The molecule has 3 unspecified atom stereocenters. The first kappa shape index (κ1) is 33.1. The summed E-state index contributed by atoms with van der Waals surface area (Å²) in [6.07, 6.45) is 1.84. The van der Waals surface area contributed by atoms with E-state index >= 15 is 0 Å². The van der Waals surface area contributed by atoms with E-state index in [0.29, 0.717) is 12.0 Å². The van der Waals surface area contributed by atoms with Crippen LogP contribution in [0.5, 0.6) is 11.5 Å². The number of hydrogen-bond donors (Lipinski definition) is 1. The Morgan fingerprint density at radius 3 is 1.82 bits per heavy atom. The molecule has 9 nitrogen and oxygen atoms in total. The van der Waals surface area contributed by atoms with Crippen LogP contribution in [0.2, 0.25) is 0 Å². The molecule has 0 aliphatic carbocycles. The molecule has 0 aliphatic heterocycles. The summed E-state index contributed by atoms with van der Waals surface area (Å²) in [5, 5.41) is 0. The van der Waals surface area contributed by atoms with Crippen LogP contribution in [0.15, 0.2) is 18.2 Å². The highest BCUT2D eigenvalue weighted by atomic mass is 16.6. The number of hydrogen-bond acceptors (Lipinski definition) is 9. The van der Waals surface area contributed by atoms with E-state index in [1.165, 1.54) is 6.07 Å². The average molecular weight is 536 g/mol. The second-order valence-electron chi connectivity index (χ2n) is 10.1. The lowest BCUT2D eigenvalue weighted by Gasteiger charge is -2.22. The zero-order valence-electron chi connectivity index (χ0n) is 23.9.